The molecule has 8 heteroatoms. The highest BCUT2D eigenvalue weighted by molar-refractivity contribution is 7.07. The number of ether oxygens (including phenoxy) is 2. The van der Waals surface area contributed by atoms with Crippen LogP contribution in [0, 0.1) is 5.92 Å². The molecule has 168 valence electrons. The lowest BCUT2D eigenvalue weighted by Gasteiger charge is -2.32. The van der Waals surface area contributed by atoms with Gasteiger partial charge in [0.05, 0.1) is 20.3 Å². The quantitative estimate of drug-likeness (QED) is 0.676. The summed E-state index contributed by atoms with van der Waals surface area (Å²) < 4.78 is 10.5. The summed E-state index contributed by atoms with van der Waals surface area (Å²) in [6.07, 6.45) is 1.31. The van der Waals surface area contributed by atoms with Crippen molar-refractivity contribution in [2.45, 2.75) is 18.9 Å². The average Bonchev–Trinajstić information content (AvgIpc) is 3.32. The molecule has 0 spiro atoms. The van der Waals surface area contributed by atoms with Gasteiger partial charge in [-0.2, -0.15) is 11.3 Å². The first kappa shape index (κ1) is 23.1. The largest absolute Gasteiger partial charge is 0.497 e. The van der Waals surface area contributed by atoms with Gasteiger partial charge in [0.1, 0.15) is 11.5 Å². The van der Waals surface area contributed by atoms with Crippen molar-refractivity contribution in [1.82, 2.24) is 15.1 Å². The van der Waals surface area contributed by atoms with Crippen molar-refractivity contribution in [3.8, 4) is 11.5 Å². The molecule has 1 aromatic heterocycles. The van der Waals surface area contributed by atoms with Crippen LogP contribution in [0.2, 0.25) is 0 Å². The van der Waals surface area contributed by atoms with Crippen molar-refractivity contribution < 1.29 is 19.1 Å². The number of thiophene rings is 1. The normalized spacial score (nSPS) is 15.6. The van der Waals surface area contributed by atoms with E-state index < -0.39 is 0 Å². The molecule has 1 aliphatic heterocycles. The van der Waals surface area contributed by atoms with Crippen molar-refractivity contribution >= 4 is 23.2 Å². The fourth-order valence-corrected chi connectivity index (χ4v) is 4.57. The molecule has 3 rings (SSSR count). The van der Waals surface area contributed by atoms with Gasteiger partial charge in [-0.1, -0.05) is 0 Å². The van der Waals surface area contributed by atoms with Crippen LogP contribution in [0.25, 0.3) is 0 Å². The van der Waals surface area contributed by atoms with E-state index in [2.05, 4.69) is 27.0 Å². The standard InChI is InChI=1S/C23H31N3O4S/c1-25(2)21(17-7-10-31-15-17)14-24-22(27)16-5-8-26(9-6-16)23(28)18-11-19(29-3)13-20(12-18)30-4/h7,10-13,15-16,21H,5-6,8-9,14H2,1-4H3,(H,24,27). The van der Waals surface area contributed by atoms with E-state index in [1.54, 1.807) is 48.7 Å². The summed E-state index contributed by atoms with van der Waals surface area (Å²) in [6.45, 7) is 1.68. The average molecular weight is 446 g/mol. The molecule has 2 aromatic rings. The Morgan fingerprint density at radius 2 is 1.81 bits per heavy atom. The molecule has 0 saturated carbocycles. The van der Waals surface area contributed by atoms with E-state index in [1.165, 1.54) is 5.56 Å². The lowest BCUT2D eigenvalue weighted by atomic mass is 9.95. The molecule has 1 fully saturated rings. The predicted octanol–water partition coefficient (Wildman–Crippen LogP) is 3.04. The van der Waals surface area contributed by atoms with Gasteiger partial charge in [0.25, 0.3) is 5.91 Å². The SMILES string of the molecule is COc1cc(OC)cc(C(=O)N2CCC(C(=O)NCC(c3ccsc3)N(C)C)CC2)c1. The number of piperidine rings is 1. The molecule has 0 radical (unpaired) electrons. The molecule has 1 saturated heterocycles. The summed E-state index contributed by atoms with van der Waals surface area (Å²) in [6, 6.07) is 7.43. The lowest BCUT2D eigenvalue weighted by Crippen LogP contribution is -2.44. The van der Waals surface area contributed by atoms with Gasteiger partial charge in [-0.25, -0.2) is 0 Å². The number of likely N-dealkylation sites (N-methyl/N-ethyl adjacent to an activating group) is 1. The van der Waals surface area contributed by atoms with Crippen LogP contribution >= 0.6 is 11.3 Å². The molecular formula is C23H31N3O4S. The number of likely N-dealkylation sites (tertiary alicyclic amines) is 1. The number of carbonyl (C=O) groups is 2. The highest BCUT2D eigenvalue weighted by Crippen LogP contribution is 2.26. The van der Waals surface area contributed by atoms with Gasteiger partial charge in [-0.05, 0) is 61.5 Å². The van der Waals surface area contributed by atoms with Crippen LogP contribution in [0.5, 0.6) is 11.5 Å². The molecule has 2 amide bonds. The summed E-state index contributed by atoms with van der Waals surface area (Å²) in [5.41, 5.74) is 1.74. The molecule has 0 aliphatic carbocycles. The van der Waals surface area contributed by atoms with Gasteiger partial charge in [-0.3, -0.25) is 9.59 Å². The van der Waals surface area contributed by atoms with E-state index >= 15 is 0 Å². The van der Waals surface area contributed by atoms with Gasteiger partial charge >= 0.3 is 0 Å². The second-order valence-electron chi connectivity index (χ2n) is 7.95. The smallest absolute Gasteiger partial charge is 0.254 e. The van der Waals surface area contributed by atoms with E-state index in [0.29, 0.717) is 49.5 Å². The van der Waals surface area contributed by atoms with E-state index in [-0.39, 0.29) is 23.8 Å². The van der Waals surface area contributed by atoms with E-state index in [9.17, 15) is 9.59 Å². The van der Waals surface area contributed by atoms with Crippen LogP contribution < -0.4 is 14.8 Å². The lowest BCUT2D eigenvalue weighted by molar-refractivity contribution is -0.126. The Kier molecular flexibility index (Phi) is 7.92. The monoisotopic (exact) mass is 445 g/mol. The van der Waals surface area contributed by atoms with Gasteiger partial charge < -0.3 is 24.6 Å². The van der Waals surface area contributed by atoms with Crippen molar-refractivity contribution in [3.63, 3.8) is 0 Å². The summed E-state index contributed by atoms with van der Waals surface area (Å²) in [5.74, 6) is 1.09. The molecule has 2 heterocycles. The predicted molar refractivity (Wildman–Crippen MR) is 122 cm³/mol. The first-order chi connectivity index (χ1) is 14.9. The van der Waals surface area contributed by atoms with Crippen LogP contribution in [0.4, 0.5) is 0 Å². The summed E-state index contributed by atoms with van der Waals surface area (Å²) in [7, 11) is 7.16. The zero-order valence-corrected chi connectivity index (χ0v) is 19.4. The second kappa shape index (κ2) is 10.6. The molecule has 31 heavy (non-hydrogen) atoms. The summed E-state index contributed by atoms with van der Waals surface area (Å²) in [4.78, 5) is 29.6. The minimum absolute atomic E-state index is 0.0669. The number of nitrogens with one attached hydrogen (secondary N) is 1. The summed E-state index contributed by atoms with van der Waals surface area (Å²) in [5, 5.41) is 7.29. The fraction of sp³-hybridized carbons (Fsp3) is 0.478. The molecule has 1 atom stereocenters. The second-order valence-corrected chi connectivity index (χ2v) is 8.73. The minimum atomic E-state index is -0.0748. The highest BCUT2D eigenvalue weighted by Gasteiger charge is 2.29. The molecule has 7 nitrogen and oxygen atoms in total. The Labute approximate surface area is 187 Å². The molecule has 1 aromatic carbocycles. The highest BCUT2D eigenvalue weighted by atomic mass is 32.1. The molecular weight excluding hydrogens is 414 g/mol. The number of nitrogens with zero attached hydrogens (tertiary/aromatic N) is 2. The molecule has 0 bridgehead atoms. The first-order valence-electron chi connectivity index (χ1n) is 10.4. The fourth-order valence-electron chi connectivity index (χ4n) is 3.86. The number of benzene rings is 1. The zero-order chi connectivity index (χ0) is 22.4. The van der Waals surface area contributed by atoms with Crippen LogP contribution in [-0.2, 0) is 4.79 Å². The maximum absolute atomic E-state index is 12.9. The number of hydrogen-bond acceptors (Lipinski definition) is 6. The zero-order valence-electron chi connectivity index (χ0n) is 18.6. The van der Waals surface area contributed by atoms with E-state index in [4.69, 9.17) is 9.47 Å². The van der Waals surface area contributed by atoms with Gasteiger partial charge in [0, 0.05) is 37.2 Å². The first-order valence-corrected chi connectivity index (χ1v) is 11.4. The van der Waals surface area contributed by atoms with Crippen molar-refractivity contribution in [3.05, 3.63) is 46.2 Å². The maximum atomic E-state index is 12.9. The number of rotatable bonds is 8. The van der Waals surface area contributed by atoms with Gasteiger partial charge in [0.2, 0.25) is 5.91 Å². The van der Waals surface area contributed by atoms with Crippen LogP contribution in [0.3, 0.4) is 0 Å². The van der Waals surface area contributed by atoms with E-state index in [1.807, 2.05) is 14.1 Å². The third kappa shape index (κ3) is 5.77. The van der Waals surface area contributed by atoms with Crippen LogP contribution in [-0.4, -0.2) is 69.6 Å². The van der Waals surface area contributed by atoms with Gasteiger partial charge in [-0.15, -0.1) is 0 Å². The number of carbonyl (C=O) groups excluding carboxylic acids is 2. The van der Waals surface area contributed by atoms with Crippen LogP contribution in [0.1, 0.15) is 34.8 Å². The molecule has 1 aliphatic rings. The Balaban J connectivity index is 1.54. The van der Waals surface area contributed by atoms with Crippen molar-refractivity contribution in [1.29, 1.82) is 0 Å². The van der Waals surface area contributed by atoms with Crippen molar-refractivity contribution in [2.24, 2.45) is 5.92 Å². The van der Waals surface area contributed by atoms with Gasteiger partial charge in [0.15, 0.2) is 0 Å². The third-order valence-electron chi connectivity index (χ3n) is 5.77. The Bertz CT molecular complexity index is 855. The van der Waals surface area contributed by atoms with Crippen molar-refractivity contribution in [2.75, 3.05) is 47.9 Å². The Morgan fingerprint density at radius 1 is 1.16 bits per heavy atom. The molecule has 1 N–H and O–H groups in total. The van der Waals surface area contributed by atoms with E-state index in [0.717, 1.165) is 0 Å². The Hall–Kier alpha value is -2.58. The topological polar surface area (TPSA) is 71.1 Å². The molecule has 1 unspecified atom stereocenters. The minimum Gasteiger partial charge on any atom is -0.497 e. The Morgan fingerprint density at radius 3 is 2.32 bits per heavy atom. The maximum Gasteiger partial charge on any atom is 0.254 e. The summed E-state index contributed by atoms with van der Waals surface area (Å²) >= 11 is 1.66. The van der Waals surface area contributed by atoms with Crippen LogP contribution in [0.15, 0.2) is 35.0 Å². The number of hydrogen-bond donors (Lipinski definition) is 1. The number of methoxy groups -OCH3 is 2. The third-order valence-corrected chi connectivity index (χ3v) is 6.47. The number of amides is 2.